The van der Waals surface area contributed by atoms with Crippen molar-refractivity contribution in [1.29, 1.82) is 0 Å². The summed E-state index contributed by atoms with van der Waals surface area (Å²) >= 11 is 11.7. The first-order valence-electron chi connectivity index (χ1n) is 5.74. The number of benzene rings is 1. The molecule has 0 aliphatic rings. The Morgan fingerprint density at radius 2 is 1.89 bits per heavy atom. The molecule has 0 spiro atoms. The number of hydrogen-bond donors (Lipinski definition) is 1. The van der Waals surface area contributed by atoms with E-state index in [-0.39, 0.29) is 22.2 Å². The van der Waals surface area contributed by atoms with Gasteiger partial charge in [0.25, 0.3) is 0 Å². The first kappa shape index (κ1) is 14.0. The SMILES string of the molecule is CC(Cc1ccc(F)cc1)Nc1cc(Cl)nnc1Cl. The van der Waals surface area contributed by atoms with Crippen LogP contribution in [0.15, 0.2) is 30.3 Å². The van der Waals surface area contributed by atoms with Gasteiger partial charge in [0.1, 0.15) is 5.82 Å². The van der Waals surface area contributed by atoms with Gasteiger partial charge in [-0.05, 0) is 31.0 Å². The molecule has 1 aromatic carbocycles. The maximum Gasteiger partial charge on any atom is 0.174 e. The molecule has 0 saturated heterocycles. The Bertz CT molecular complexity index is 560. The topological polar surface area (TPSA) is 37.8 Å². The smallest absolute Gasteiger partial charge is 0.174 e. The molecule has 2 aromatic rings. The van der Waals surface area contributed by atoms with Crippen LogP contribution in [-0.2, 0) is 6.42 Å². The number of halogens is 3. The fourth-order valence-corrected chi connectivity index (χ4v) is 2.04. The van der Waals surface area contributed by atoms with Crippen LogP contribution < -0.4 is 5.32 Å². The molecule has 100 valence electrons. The number of anilines is 1. The van der Waals surface area contributed by atoms with Gasteiger partial charge in [0, 0.05) is 12.1 Å². The average Bonchev–Trinajstić information content (AvgIpc) is 2.37. The van der Waals surface area contributed by atoms with Gasteiger partial charge in [-0.3, -0.25) is 0 Å². The molecule has 0 fully saturated rings. The van der Waals surface area contributed by atoms with E-state index >= 15 is 0 Å². The Morgan fingerprint density at radius 1 is 1.21 bits per heavy atom. The lowest BCUT2D eigenvalue weighted by Gasteiger charge is -2.15. The molecular weight excluding hydrogens is 288 g/mol. The lowest BCUT2D eigenvalue weighted by molar-refractivity contribution is 0.626. The van der Waals surface area contributed by atoms with Crippen molar-refractivity contribution in [2.24, 2.45) is 0 Å². The summed E-state index contributed by atoms with van der Waals surface area (Å²) in [5, 5.41) is 11.1. The molecule has 2 rings (SSSR count). The zero-order valence-electron chi connectivity index (χ0n) is 10.2. The van der Waals surface area contributed by atoms with Crippen LogP contribution >= 0.6 is 23.2 Å². The predicted molar refractivity (Wildman–Crippen MR) is 75.2 cm³/mol. The van der Waals surface area contributed by atoms with Crippen molar-refractivity contribution in [2.75, 3.05) is 5.32 Å². The molecular formula is C13H12Cl2FN3. The minimum Gasteiger partial charge on any atom is -0.380 e. The van der Waals surface area contributed by atoms with Crippen LogP contribution in [0, 0.1) is 5.82 Å². The van der Waals surface area contributed by atoms with E-state index in [2.05, 4.69) is 15.5 Å². The summed E-state index contributed by atoms with van der Waals surface area (Å²) in [7, 11) is 0. The van der Waals surface area contributed by atoms with Crippen molar-refractivity contribution in [3.05, 3.63) is 52.0 Å². The molecule has 0 radical (unpaired) electrons. The summed E-state index contributed by atoms with van der Waals surface area (Å²) in [6.07, 6.45) is 0.733. The molecule has 0 aliphatic carbocycles. The Labute approximate surface area is 120 Å². The van der Waals surface area contributed by atoms with E-state index in [4.69, 9.17) is 23.2 Å². The van der Waals surface area contributed by atoms with Gasteiger partial charge in [-0.25, -0.2) is 4.39 Å². The van der Waals surface area contributed by atoms with Crippen molar-refractivity contribution in [3.63, 3.8) is 0 Å². The van der Waals surface area contributed by atoms with E-state index in [0.29, 0.717) is 5.69 Å². The Kier molecular flexibility index (Phi) is 4.56. The van der Waals surface area contributed by atoms with Crippen molar-refractivity contribution in [1.82, 2.24) is 10.2 Å². The minimum absolute atomic E-state index is 0.100. The highest BCUT2D eigenvalue weighted by atomic mass is 35.5. The molecule has 1 heterocycles. The molecule has 0 bridgehead atoms. The van der Waals surface area contributed by atoms with E-state index < -0.39 is 0 Å². The lowest BCUT2D eigenvalue weighted by Crippen LogP contribution is -2.18. The quantitative estimate of drug-likeness (QED) is 0.928. The number of rotatable bonds is 4. The molecule has 1 unspecified atom stereocenters. The van der Waals surface area contributed by atoms with Gasteiger partial charge < -0.3 is 5.32 Å². The summed E-state index contributed by atoms with van der Waals surface area (Å²) < 4.78 is 12.8. The van der Waals surface area contributed by atoms with Crippen LogP contribution in [0.5, 0.6) is 0 Å². The van der Waals surface area contributed by atoms with E-state index in [0.717, 1.165) is 12.0 Å². The lowest BCUT2D eigenvalue weighted by atomic mass is 10.1. The third kappa shape index (κ3) is 4.04. The highest BCUT2D eigenvalue weighted by Gasteiger charge is 2.09. The van der Waals surface area contributed by atoms with Crippen molar-refractivity contribution < 1.29 is 4.39 Å². The van der Waals surface area contributed by atoms with Gasteiger partial charge in [0.15, 0.2) is 10.3 Å². The van der Waals surface area contributed by atoms with E-state index in [1.165, 1.54) is 12.1 Å². The van der Waals surface area contributed by atoms with Gasteiger partial charge in [-0.2, -0.15) is 0 Å². The summed E-state index contributed by atoms with van der Waals surface area (Å²) in [5.74, 6) is -0.238. The molecule has 1 N–H and O–H groups in total. The summed E-state index contributed by atoms with van der Waals surface area (Å²) in [5.41, 5.74) is 1.67. The fourth-order valence-electron chi connectivity index (χ4n) is 1.74. The van der Waals surface area contributed by atoms with Crippen molar-refractivity contribution in [2.45, 2.75) is 19.4 Å². The van der Waals surface area contributed by atoms with Gasteiger partial charge in [0.2, 0.25) is 0 Å². The second-order valence-electron chi connectivity index (χ2n) is 4.25. The van der Waals surface area contributed by atoms with E-state index in [1.54, 1.807) is 18.2 Å². The van der Waals surface area contributed by atoms with Gasteiger partial charge >= 0.3 is 0 Å². The molecule has 1 aromatic heterocycles. The first-order valence-corrected chi connectivity index (χ1v) is 6.50. The zero-order chi connectivity index (χ0) is 13.8. The van der Waals surface area contributed by atoms with E-state index in [9.17, 15) is 4.39 Å². The monoisotopic (exact) mass is 299 g/mol. The normalized spacial score (nSPS) is 12.2. The highest BCUT2D eigenvalue weighted by molar-refractivity contribution is 6.33. The molecule has 1 atom stereocenters. The van der Waals surface area contributed by atoms with Crippen molar-refractivity contribution >= 4 is 28.9 Å². The molecule has 0 saturated carbocycles. The Balaban J connectivity index is 2.02. The predicted octanol–water partition coefficient (Wildman–Crippen LogP) is 3.97. The second kappa shape index (κ2) is 6.17. The minimum atomic E-state index is -0.238. The summed E-state index contributed by atoms with van der Waals surface area (Å²) in [6, 6.07) is 8.13. The van der Waals surface area contributed by atoms with Crippen LogP contribution in [0.3, 0.4) is 0 Å². The third-order valence-electron chi connectivity index (χ3n) is 2.58. The molecule has 0 amide bonds. The van der Waals surface area contributed by atoms with Crippen LogP contribution in [0.25, 0.3) is 0 Å². The maximum atomic E-state index is 12.8. The third-order valence-corrected chi connectivity index (χ3v) is 3.04. The number of nitrogens with zero attached hydrogens (tertiary/aromatic N) is 2. The van der Waals surface area contributed by atoms with Crippen LogP contribution in [-0.4, -0.2) is 16.2 Å². The maximum absolute atomic E-state index is 12.8. The molecule has 19 heavy (non-hydrogen) atoms. The molecule has 0 aliphatic heterocycles. The van der Waals surface area contributed by atoms with E-state index in [1.807, 2.05) is 6.92 Å². The first-order chi connectivity index (χ1) is 9.04. The number of hydrogen-bond acceptors (Lipinski definition) is 3. The van der Waals surface area contributed by atoms with Gasteiger partial charge in [-0.1, -0.05) is 35.3 Å². The Hall–Kier alpha value is -1.39. The van der Waals surface area contributed by atoms with Gasteiger partial charge in [-0.15, -0.1) is 10.2 Å². The number of nitrogens with one attached hydrogen (secondary N) is 1. The zero-order valence-corrected chi connectivity index (χ0v) is 11.7. The number of aromatic nitrogens is 2. The Morgan fingerprint density at radius 3 is 2.58 bits per heavy atom. The standard InChI is InChI=1S/C13H12Cl2FN3/c1-8(6-9-2-4-10(16)5-3-9)17-11-7-12(14)18-19-13(11)15/h2-5,7-8H,6H2,1H3,(H,17,18). The van der Waals surface area contributed by atoms with Crippen LogP contribution in [0.2, 0.25) is 10.3 Å². The van der Waals surface area contributed by atoms with Crippen molar-refractivity contribution in [3.8, 4) is 0 Å². The molecule has 3 nitrogen and oxygen atoms in total. The average molecular weight is 300 g/mol. The van der Waals surface area contributed by atoms with Crippen LogP contribution in [0.4, 0.5) is 10.1 Å². The largest absolute Gasteiger partial charge is 0.380 e. The highest BCUT2D eigenvalue weighted by Crippen LogP contribution is 2.22. The van der Waals surface area contributed by atoms with Crippen LogP contribution in [0.1, 0.15) is 12.5 Å². The molecule has 6 heteroatoms. The summed E-state index contributed by atoms with van der Waals surface area (Å²) in [4.78, 5) is 0. The van der Waals surface area contributed by atoms with Gasteiger partial charge in [0.05, 0.1) is 5.69 Å². The fraction of sp³-hybridized carbons (Fsp3) is 0.231. The summed E-state index contributed by atoms with van der Waals surface area (Å²) in [6.45, 7) is 1.99. The second-order valence-corrected chi connectivity index (χ2v) is 4.99.